The molecule has 7 atom stereocenters. The SMILES string of the molecule is C[C@]12CC[C@H]3[C@@H](CCC4CC(=O)/C(=C\O)C[C@@]43C)[C@@H]1CC[C@@H]2O. The maximum Gasteiger partial charge on any atom is 0.162 e. The molecule has 4 rings (SSSR count). The highest BCUT2D eigenvalue weighted by Gasteiger charge is 2.60. The Balaban J connectivity index is 1.66. The molecular formula is C20H30O3. The van der Waals surface area contributed by atoms with Crippen molar-refractivity contribution in [2.24, 2.45) is 34.5 Å². The molecule has 4 fully saturated rings. The Morgan fingerprint density at radius 1 is 1.04 bits per heavy atom. The summed E-state index contributed by atoms with van der Waals surface area (Å²) in [6, 6.07) is 0. The van der Waals surface area contributed by atoms with Crippen molar-refractivity contribution in [3.05, 3.63) is 11.8 Å². The van der Waals surface area contributed by atoms with E-state index >= 15 is 0 Å². The number of ketones is 1. The fraction of sp³-hybridized carbons (Fsp3) is 0.850. The van der Waals surface area contributed by atoms with Gasteiger partial charge in [0, 0.05) is 12.0 Å². The summed E-state index contributed by atoms with van der Waals surface area (Å²) < 4.78 is 0. The number of carbonyl (C=O) groups excluding carboxylic acids is 1. The number of Topliss-reactive ketones (excluding diaryl/α,β-unsaturated/α-hetero) is 1. The second-order valence-corrected chi connectivity index (χ2v) is 9.25. The van der Waals surface area contributed by atoms with Gasteiger partial charge in [-0.25, -0.2) is 0 Å². The lowest BCUT2D eigenvalue weighted by atomic mass is 9.45. The summed E-state index contributed by atoms with van der Waals surface area (Å²) in [6.07, 6.45) is 9.11. The van der Waals surface area contributed by atoms with E-state index in [1.165, 1.54) is 19.3 Å². The van der Waals surface area contributed by atoms with Crippen molar-refractivity contribution in [2.75, 3.05) is 0 Å². The minimum absolute atomic E-state index is 0.116. The van der Waals surface area contributed by atoms with E-state index in [2.05, 4.69) is 13.8 Å². The number of hydrogen-bond donors (Lipinski definition) is 2. The van der Waals surface area contributed by atoms with Crippen LogP contribution < -0.4 is 0 Å². The molecular weight excluding hydrogens is 288 g/mol. The molecule has 0 aliphatic heterocycles. The Kier molecular flexibility index (Phi) is 3.46. The summed E-state index contributed by atoms with van der Waals surface area (Å²) in [5.41, 5.74) is 0.911. The molecule has 1 unspecified atom stereocenters. The first-order chi connectivity index (χ1) is 10.9. The highest BCUT2D eigenvalue weighted by molar-refractivity contribution is 5.96. The fourth-order valence-electron chi connectivity index (χ4n) is 7.10. The molecule has 0 aromatic rings. The number of rotatable bonds is 0. The molecule has 0 spiro atoms. The van der Waals surface area contributed by atoms with Gasteiger partial charge in [-0.1, -0.05) is 13.8 Å². The van der Waals surface area contributed by atoms with Gasteiger partial charge in [-0.2, -0.15) is 0 Å². The molecule has 0 saturated heterocycles. The topological polar surface area (TPSA) is 57.5 Å². The minimum Gasteiger partial charge on any atom is -0.515 e. The van der Waals surface area contributed by atoms with Crippen LogP contribution in [0.3, 0.4) is 0 Å². The number of carbonyl (C=O) groups is 1. The molecule has 0 aromatic carbocycles. The summed E-state index contributed by atoms with van der Waals surface area (Å²) >= 11 is 0. The molecule has 128 valence electrons. The van der Waals surface area contributed by atoms with Gasteiger partial charge in [0.15, 0.2) is 5.78 Å². The van der Waals surface area contributed by atoms with Gasteiger partial charge in [-0.05, 0) is 79.4 Å². The zero-order valence-corrected chi connectivity index (χ0v) is 14.4. The van der Waals surface area contributed by atoms with Crippen molar-refractivity contribution in [1.82, 2.24) is 0 Å². The van der Waals surface area contributed by atoms with Crippen LogP contribution in [0, 0.1) is 34.5 Å². The smallest absolute Gasteiger partial charge is 0.162 e. The predicted molar refractivity (Wildman–Crippen MR) is 88.8 cm³/mol. The number of hydrogen-bond acceptors (Lipinski definition) is 3. The van der Waals surface area contributed by atoms with Gasteiger partial charge in [-0.15, -0.1) is 0 Å². The number of allylic oxidation sites excluding steroid dienone is 1. The fourth-order valence-corrected chi connectivity index (χ4v) is 7.10. The first-order valence-electron chi connectivity index (χ1n) is 9.44. The third-order valence-corrected chi connectivity index (χ3v) is 8.53. The molecule has 0 heterocycles. The van der Waals surface area contributed by atoms with Crippen LogP contribution in [0.1, 0.15) is 65.2 Å². The quantitative estimate of drug-likeness (QED) is 0.524. The molecule has 0 aromatic heterocycles. The van der Waals surface area contributed by atoms with E-state index < -0.39 is 0 Å². The molecule has 4 aliphatic rings. The van der Waals surface area contributed by atoms with Crippen molar-refractivity contribution in [1.29, 1.82) is 0 Å². The molecule has 3 heteroatoms. The number of fused-ring (bicyclic) bond motifs is 5. The van der Waals surface area contributed by atoms with E-state index in [-0.39, 0.29) is 22.7 Å². The Labute approximate surface area is 139 Å². The average molecular weight is 318 g/mol. The molecule has 4 saturated carbocycles. The Bertz CT molecular complexity index is 553. The molecule has 0 radical (unpaired) electrons. The van der Waals surface area contributed by atoms with E-state index in [4.69, 9.17) is 0 Å². The lowest BCUT2D eigenvalue weighted by Gasteiger charge is -2.60. The maximum atomic E-state index is 12.2. The second kappa shape index (κ2) is 5.08. The lowest BCUT2D eigenvalue weighted by molar-refractivity contribution is -0.135. The normalized spacial score (nSPS) is 54.5. The predicted octanol–water partition coefficient (Wildman–Crippen LogP) is 4.01. The van der Waals surface area contributed by atoms with E-state index in [1.54, 1.807) is 0 Å². The third kappa shape index (κ3) is 2.01. The van der Waals surface area contributed by atoms with E-state index in [1.807, 2.05) is 0 Å². The Morgan fingerprint density at radius 3 is 2.52 bits per heavy atom. The van der Waals surface area contributed by atoms with Crippen LogP contribution in [0.5, 0.6) is 0 Å². The highest BCUT2D eigenvalue weighted by atomic mass is 16.3. The van der Waals surface area contributed by atoms with Gasteiger partial charge in [0.2, 0.25) is 0 Å². The first-order valence-corrected chi connectivity index (χ1v) is 9.44. The van der Waals surface area contributed by atoms with Crippen molar-refractivity contribution in [2.45, 2.75) is 71.3 Å². The summed E-state index contributed by atoms with van der Waals surface area (Å²) in [7, 11) is 0. The van der Waals surface area contributed by atoms with Gasteiger partial charge in [0.05, 0.1) is 12.4 Å². The Hall–Kier alpha value is -0.830. The standard InChI is InChI=1S/C20H30O3/c1-19-8-7-16-14(15(19)5-6-18(19)23)4-3-13-9-17(22)12(11-21)10-20(13,16)2/h11,13-16,18,21,23H,3-10H2,1-2H3/b12-11-/t13?,14-,15-,16-,18-,19-,20-/m0/s1. The molecule has 4 aliphatic carbocycles. The monoisotopic (exact) mass is 318 g/mol. The van der Waals surface area contributed by atoms with Crippen LogP contribution >= 0.6 is 0 Å². The van der Waals surface area contributed by atoms with Gasteiger partial charge in [0.25, 0.3) is 0 Å². The van der Waals surface area contributed by atoms with Crippen molar-refractivity contribution in [3.63, 3.8) is 0 Å². The average Bonchev–Trinajstić information content (AvgIpc) is 2.83. The Morgan fingerprint density at radius 2 is 1.78 bits per heavy atom. The van der Waals surface area contributed by atoms with Crippen molar-refractivity contribution in [3.8, 4) is 0 Å². The van der Waals surface area contributed by atoms with E-state index in [0.29, 0.717) is 35.7 Å². The maximum absolute atomic E-state index is 12.2. The molecule has 2 N–H and O–H groups in total. The van der Waals surface area contributed by atoms with Crippen molar-refractivity contribution < 1.29 is 15.0 Å². The summed E-state index contributed by atoms with van der Waals surface area (Å²) in [6.45, 7) is 4.68. The summed E-state index contributed by atoms with van der Waals surface area (Å²) in [5, 5.41) is 20.0. The molecule has 23 heavy (non-hydrogen) atoms. The molecule has 3 nitrogen and oxygen atoms in total. The van der Waals surface area contributed by atoms with Gasteiger partial charge in [-0.3, -0.25) is 4.79 Å². The largest absolute Gasteiger partial charge is 0.515 e. The van der Waals surface area contributed by atoms with E-state index in [0.717, 1.165) is 31.9 Å². The van der Waals surface area contributed by atoms with Crippen LogP contribution in [-0.2, 0) is 4.79 Å². The van der Waals surface area contributed by atoms with Crippen LogP contribution in [0.25, 0.3) is 0 Å². The lowest BCUT2D eigenvalue weighted by Crippen LogP contribution is -2.54. The summed E-state index contributed by atoms with van der Waals surface area (Å²) in [5.74, 6) is 2.63. The van der Waals surface area contributed by atoms with Crippen LogP contribution in [0.15, 0.2) is 11.8 Å². The number of aliphatic hydroxyl groups is 2. The van der Waals surface area contributed by atoms with Gasteiger partial charge >= 0.3 is 0 Å². The third-order valence-electron chi connectivity index (χ3n) is 8.53. The zero-order chi connectivity index (χ0) is 16.4. The van der Waals surface area contributed by atoms with Gasteiger partial charge < -0.3 is 10.2 Å². The minimum atomic E-state index is -0.125. The zero-order valence-electron chi connectivity index (χ0n) is 14.4. The van der Waals surface area contributed by atoms with E-state index in [9.17, 15) is 15.0 Å². The second-order valence-electron chi connectivity index (χ2n) is 9.25. The van der Waals surface area contributed by atoms with Gasteiger partial charge in [0.1, 0.15) is 0 Å². The highest BCUT2D eigenvalue weighted by Crippen LogP contribution is 2.66. The molecule has 0 bridgehead atoms. The van der Waals surface area contributed by atoms with Crippen LogP contribution in [0.2, 0.25) is 0 Å². The summed E-state index contributed by atoms with van der Waals surface area (Å²) in [4.78, 5) is 12.2. The van der Waals surface area contributed by atoms with Crippen LogP contribution in [0.4, 0.5) is 0 Å². The molecule has 0 amide bonds. The van der Waals surface area contributed by atoms with Crippen LogP contribution in [-0.4, -0.2) is 22.1 Å². The number of aliphatic hydroxyl groups excluding tert-OH is 2. The first kappa shape index (κ1) is 15.7. The van der Waals surface area contributed by atoms with Crippen molar-refractivity contribution >= 4 is 5.78 Å².